The van der Waals surface area contributed by atoms with Crippen LogP contribution >= 0.6 is 0 Å². The highest BCUT2D eigenvalue weighted by atomic mass is 16.5. The molecule has 1 fully saturated rings. The monoisotopic (exact) mass is 294 g/mol. The van der Waals surface area contributed by atoms with Crippen molar-refractivity contribution < 1.29 is 19.7 Å². The van der Waals surface area contributed by atoms with E-state index >= 15 is 0 Å². The summed E-state index contributed by atoms with van der Waals surface area (Å²) in [6, 6.07) is 7.88. The fraction of sp³-hybridized carbons (Fsp3) is 0.533. The molecule has 0 radical (unpaired) electrons. The number of carbonyl (C=O) groups is 1. The molecule has 2 rings (SSSR count). The molecule has 2 N–H and O–H groups in total. The van der Waals surface area contributed by atoms with Crippen molar-refractivity contribution in [3.8, 4) is 5.75 Å². The molecular weight excluding hydrogens is 272 g/mol. The van der Waals surface area contributed by atoms with Crippen LogP contribution in [-0.2, 0) is 4.79 Å². The van der Waals surface area contributed by atoms with Gasteiger partial charge in [0.2, 0.25) is 0 Å². The van der Waals surface area contributed by atoms with Gasteiger partial charge in [0.05, 0.1) is 7.11 Å². The molecule has 0 bridgehead atoms. The van der Waals surface area contributed by atoms with Crippen LogP contribution in [0.15, 0.2) is 24.3 Å². The van der Waals surface area contributed by atoms with Crippen LogP contribution in [0.2, 0.25) is 0 Å². The third kappa shape index (κ3) is 3.86. The summed E-state index contributed by atoms with van der Waals surface area (Å²) >= 11 is 0. The van der Waals surface area contributed by atoms with Crippen molar-refractivity contribution in [2.24, 2.45) is 0 Å². The Morgan fingerprint density at radius 2 is 2.00 bits per heavy atom. The van der Waals surface area contributed by atoms with Crippen molar-refractivity contribution in [2.45, 2.75) is 12.5 Å². The second-order valence-electron chi connectivity index (χ2n) is 5.54. The lowest BCUT2D eigenvalue weighted by Crippen LogP contribution is -2.53. The lowest BCUT2D eigenvalue weighted by Gasteiger charge is -2.38. The highest BCUT2D eigenvalue weighted by molar-refractivity contribution is 5.76. The first-order chi connectivity index (χ1) is 9.92. The van der Waals surface area contributed by atoms with Crippen molar-refractivity contribution in [1.29, 1.82) is 0 Å². The van der Waals surface area contributed by atoms with Gasteiger partial charge in [0.15, 0.2) is 5.60 Å². The van der Waals surface area contributed by atoms with Crippen LogP contribution in [-0.4, -0.2) is 66.5 Å². The van der Waals surface area contributed by atoms with E-state index in [1.165, 1.54) is 6.92 Å². The number of carboxylic acid groups (broad SMARTS) is 1. The number of rotatable bonds is 5. The fourth-order valence-corrected chi connectivity index (χ4v) is 2.47. The third-order valence-electron chi connectivity index (χ3n) is 3.78. The van der Waals surface area contributed by atoms with Gasteiger partial charge in [-0.1, -0.05) is 6.07 Å². The molecule has 1 aromatic rings. The maximum Gasteiger partial charge on any atom is 0.336 e. The predicted octanol–water partition coefficient (Wildman–Crippen LogP) is 0.653. The summed E-state index contributed by atoms with van der Waals surface area (Å²) in [5, 5.41) is 18.8. The number of benzene rings is 1. The van der Waals surface area contributed by atoms with Gasteiger partial charge in [-0.25, -0.2) is 4.79 Å². The van der Waals surface area contributed by atoms with Crippen molar-refractivity contribution in [3.63, 3.8) is 0 Å². The summed E-state index contributed by atoms with van der Waals surface area (Å²) in [4.78, 5) is 15.2. The van der Waals surface area contributed by atoms with E-state index in [1.54, 1.807) is 7.11 Å². The topological polar surface area (TPSA) is 73.2 Å². The summed E-state index contributed by atoms with van der Waals surface area (Å²) in [6.07, 6.45) is 0. The first-order valence-corrected chi connectivity index (χ1v) is 6.99. The molecular formula is C15H22N2O4. The van der Waals surface area contributed by atoms with E-state index in [1.807, 2.05) is 29.2 Å². The summed E-state index contributed by atoms with van der Waals surface area (Å²) < 4.78 is 5.22. The molecule has 116 valence electrons. The van der Waals surface area contributed by atoms with Gasteiger partial charge in [-0.2, -0.15) is 0 Å². The van der Waals surface area contributed by atoms with Crippen molar-refractivity contribution in [3.05, 3.63) is 24.3 Å². The largest absolute Gasteiger partial charge is 0.497 e. The van der Waals surface area contributed by atoms with E-state index in [9.17, 15) is 9.90 Å². The van der Waals surface area contributed by atoms with Crippen LogP contribution in [0, 0.1) is 0 Å². The maximum atomic E-state index is 11.0. The zero-order chi connectivity index (χ0) is 15.5. The zero-order valence-electron chi connectivity index (χ0n) is 12.5. The first-order valence-electron chi connectivity index (χ1n) is 6.99. The van der Waals surface area contributed by atoms with Gasteiger partial charge < -0.3 is 19.8 Å². The summed E-state index contributed by atoms with van der Waals surface area (Å²) in [6.45, 7) is 4.52. The van der Waals surface area contributed by atoms with Gasteiger partial charge in [0, 0.05) is 44.5 Å². The summed E-state index contributed by atoms with van der Waals surface area (Å²) in [5.74, 6) is -0.360. The molecule has 1 saturated heterocycles. The van der Waals surface area contributed by atoms with E-state index in [2.05, 4.69) is 4.90 Å². The van der Waals surface area contributed by atoms with E-state index in [-0.39, 0.29) is 6.54 Å². The Morgan fingerprint density at radius 1 is 1.33 bits per heavy atom. The van der Waals surface area contributed by atoms with Crippen molar-refractivity contribution in [1.82, 2.24) is 4.90 Å². The van der Waals surface area contributed by atoms with Crippen molar-refractivity contribution >= 4 is 11.7 Å². The van der Waals surface area contributed by atoms with Crippen LogP contribution < -0.4 is 9.64 Å². The molecule has 6 heteroatoms. The molecule has 1 aliphatic rings. The van der Waals surface area contributed by atoms with Crippen LogP contribution in [0.4, 0.5) is 5.69 Å². The van der Waals surface area contributed by atoms with Crippen molar-refractivity contribution in [2.75, 3.05) is 44.7 Å². The molecule has 1 atom stereocenters. The Bertz CT molecular complexity index is 496. The molecule has 0 amide bonds. The van der Waals surface area contributed by atoms with E-state index < -0.39 is 11.6 Å². The number of hydrogen-bond donors (Lipinski definition) is 2. The lowest BCUT2D eigenvalue weighted by atomic mass is 10.1. The van der Waals surface area contributed by atoms with E-state index in [4.69, 9.17) is 9.84 Å². The Morgan fingerprint density at radius 3 is 2.57 bits per heavy atom. The SMILES string of the molecule is COc1cccc(N2CCN(CC(C)(O)C(=O)O)CC2)c1. The van der Waals surface area contributed by atoms with Gasteiger partial charge in [0.25, 0.3) is 0 Å². The molecule has 1 heterocycles. The Balaban J connectivity index is 1.92. The van der Waals surface area contributed by atoms with Crippen LogP contribution in [0.25, 0.3) is 0 Å². The minimum atomic E-state index is -1.70. The smallest absolute Gasteiger partial charge is 0.336 e. The van der Waals surface area contributed by atoms with Gasteiger partial charge in [-0.3, -0.25) is 4.90 Å². The van der Waals surface area contributed by atoms with Gasteiger partial charge >= 0.3 is 5.97 Å². The average molecular weight is 294 g/mol. The van der Waals surface area contributed by atoms with E-state index in [0.717, 1.165) is 37.6 Å². The maximum absolute atomic E-state index is 11.0. The molecule has 0 saturated carbocycles. The fourth-order valence-electron chi connectivity index (χ4n) is 2.47. The molecule has 1 unspecified atom stereocenters. The first kappa shape index (κ1) is 15.6. The standard InChI is InChI=1S/C15H22N2O4/c1-15(20,14(18)19)11-16-6-8-17(9-7-16)12-4-3-5-13(10-12)21-2/h3-5,10,20H,6-9,11H2,1-2H3,(H,18,19). The number of anilines is 1. The highest BCUT2D eigenvalue weighted by Gasteiger charge is 2.33. The Labute approximate surface area is 124 Å². The quantitative estimate of drug-likeness (QED) is 0.831. The summed E-state index contributed by atoms with van der Waals surface area (Å²) in [5.41, 5.74) is -0.600. The lowest BCUT2D eigenvalue weighted by molar-refractivity contribution is -0.158. The Hall–Kier alpha value is -1.79. The average Bonchev–Trinajstić information content (AvgIpc) is 2.47. The van der Waals surface area contributed by atoms with Crippen LogP contribution in [0.5, 0.6) is 5.75 Å². The predicted molar refractivity (Wildman–Crippen MR) is 79.9 cm³/mol. The molecule has 1 aromatic carbocycles. The number of methoxy groups -OCH3 is 1. The number of piperazine rings is 1. The number of hydrogen-bond acceptors (Lipinski definition) is 5. The molecule has 0 spiro atoms. The number of carboxylic acids is 1. The highest BCUT2D eigenvalue weighted by Crippen LogP contribution is 2.22. The number of aliphatic carboxylic acids is 1. The molecule has 1 aliphatic heterocycles. The normalized spacial score (nSPS) is 19.1. The van der Waals surface area contributed by atoms with E-state index in [0.29, 0.717) is 0 Å². The molecule has 21 heavy (non-hydrogen) atoms. The van der Waals surface area contributed by atoms with Gasteiger partial charge in [-0.15, -0.1) is 0 Å². The number of aliphatic hydroxyl groups is 1. The van der Waals surface area contributed by atoms with Gasteiger partial charge in [-0.05, 0) is 19.1 Å². The Kier molecular flexibility index (Phi) is 4.69. The third-order valence-corrected chi connectivity index (χ3v) is 3.78. The van der Waals surface area contributed by atoms with Gasteiger partial charge in [0.1, 0.15) is 5.75 Å². The molecule has 0 aliphatic carbocycles. The molecule has 6 nitrogen and oxygen atoms in total. The minimum Gasteiger partial charge on any atom is -0.497 e. The second kappa shape index (κ2) is 6.32. The number of nitrogens with zero attached hydrogens (tertiary/aromatic N) is 2. The molecule has 0 aromatic heterocycles. The van der Waals surface area contributed by atoms with Crippen LogP contribution in [0.3, 0.4) is 0 Å². The number of β-amino-alcohol motifs (C(OH)–C–C–N with tert-alkyl or cyclic N) is 1. The minimum absolute atomic E-state index is 0.147. The summed E-state index contributed by atoms with van der Waals surface area (Å²) in [7, 11) is 1.64. The second-order valence-corrected chi connectivity index (χ2v) is 5.54. The zero-order valence-corrected chi connectivity index (χ0v) is 12.5. The van der Waals surface area contributed by atoms with Crippen LogP contribution in [0.1, 0.15) is 6.92 Å². The number of ether oxygens (including phenoxy) is 1.